The minimum atomic E-state index is -0.0641. The molecular weight excluding hydrogens is 388 g/mol. The van der Waals surface area contributed by atoms with Gasteiger partial charge in [-0.1, -0.05) is 42.5 Å². The molecule has 1 aliphatic heterocycles. The highest BCUT2D eigenvalue weighted by Gasteiger charge is 2.26. The lowest BCUT2D eigenvalue weighted by molar-refractivity contribution is -0.125. The summed E-state index contributed by atoms with van der Waals surface area (Å²) in [6.45, 7) is 5.04. The van der Waals surface area contributed by atoms with E-state index >= 15 is 0 Å². The van der Waals surface area contributed by atoms with E-state index < -0.39 is 0 Å². The van der Waals surface area contributed by atoms with Crippen LogP contribution in [0.4, 0.5) is 5.69 Å². The van der Waals surface area contributed by atoms with Gasteiger partial charge in [0.05, 0.1) is 31.5 Å². The van der Waals surface area contributed by atoms with E-state index in [-0.39, 0.29) is 12.0 Å². The molecule has 0 fully saturated rings. The smallest absolute Gasteiger partial charge is 0.246 e. The Bertz CT molecular complexity index is 1040. The molecule has 1 aromatic heterocycles. The topological polar surface area (TPSA) is 50.6 Å². The van der Waals surface area contributed by atoms with Crippen LogP contribution >= 0.6 is 0 Å². The highest BCUT2D eigenvalue weighted by atomic mass is 16.5. The summed E-state index contributed by atoms with van der Waals surface area (Å²) in [7, 11) is 1.81. The molecule has 1 atom stereocenters. The Morgan fingerprint density at radius 2 is 1.97 bits per heavy atom. The van der Waals surface area contributed by atoms with Gasteiger partial charge >= 0.3 is 0 Å². The van der Waals surface area contributed by atoms with Gasteiger partial charge in [-0.2, -0.15) is 5.10 Å². The van der Waals surface area contributed by atoms with Gasteiger partial charge < -0.3 is 14.5 Å². The van der Waals surface area contributed by atoms with Gasteiger partial charge in [0.15, 0.2) is 0 Å². The summed E-state index contributed by atoms with van der Waals surface area (Å²) >= 11 is 0. The first-order chi connectivity index (χ1) is 15.1. The molecule has 3 aromatic rings. The molecule has 0 N–H and O–H groups in total. The summed E-state index contributed by atoms with van der Waals surface area (Å²) < 4.78 is 8.01. The van der Waals surface area contributed by atoms with E-state index in [0.717, 1.165) is 30.1 Å². The van der Waals surface area contributed by atoms with Crippen LogP contribution in [0.15, 0.2) is 73.1 Å². The Labute approximate surface area is 183 Å². The largest absolute Gasteiger partial charge is 0.485 e. The summed E-state index contributed by atoms with van der Waals surface area (Å²) in [4.78, 5) is 16.6. The molecule has 0 bridgehead atoms. The molecule has 1 amide bonds. The van der Waals surface area contributed by atoms with Crippen molar-refractivity contribution < 1.29 is 9.53 Å². The molecular formula is C25H28N4O2. The molecule has 0 spiro atoms. The molecule has 160 valence electrons. The highest BCUT2D eigenvalue weighted by Crippen LogP contribution is 2.32. The number of anilines is 1. The Kier molecular flexibility index (Phi) is 6.36. The summed E-state index contributed by atoms with van der Waals surface area (Å²) in [5, 5.41) is 4.38. The van der Waals surface area contributed by atoms with Crippen molar-refractivity contribution in [3.8, 4) is 5.75 Å². The van der Waals surface area contributed by atoms with Crippen molar-refractivity contribution >= 4 is 17.7 Å². The number of para-hydroxylation sites is 2. The predicted molar refractivity (Wildman–Crippen MR) is 123 cm³/mol. The molecule has 0 unspecified atom stereocenters. The Morgan fingerprint density at radius 1 is 1.19 bits per heavy atom. The quantitative estimate of drug-likeness (QED) is 0.551. The molecule has 2 heterocycles. The van der Waals surface area contributed by atoms with E-state index in [9.17, 15) is 4.79 Å². The van der Waals surface area contributed by atoms with Gasteiger partial charge in [-0.05, 0) is 30.7 Å². The lowest BCUT2D eigenvalue weighted by atomic mass is 10.2. The fraction of sp³-hybridized carbons (Fsp3) is 0.280. The zero-order chi connectivity index (χ0) is 21.6. The Balaban J connectivity index is 1.33. The second-order valence-corrected chi connectivity index (χ2v) is 7.76. The minimum absolute atomic E-state index is 0.0543. The van der Waals surface area contributed by atoms with Crippen molar-refractivity contribution in [1.29, 1.82) is 0 Å². The van der Waals surface area contributed by atoms with Crippen LogP contribution in [0.2, 0.25) is 0 Å². The summed E-state index contributed by atoms with van der Waals surface area (Å²) in [6.07, 6.45) is 7.05. The number of ether oxygens (including phenoxy) is 1. The van der Waals surface area contributed by atoms with Gasteiger partial charge in [-0.3, -0.25) is 9.48 Å². The number of likely N-dealkylation sites (N-methyl/N-ethyl adjacent to an activating group) is 2. The van der Waals surface area contributed by atoms with Crippen molar-refractivity contribution in [3.63, 3.8) is 0 Å². The number of hydrogen-bond donors (Lipinski definition) is 0. The lowest BCUT2D eigenvalue weighted by Crippen LogP contribution is -2.46. The van der Waals surface area contributed by atoms with Crippen molar-refractivity contribution in [2.24, 2.45) is 0 Å². The van der Waals surface area contributed by atoms with E-state index in [1.54, 1.807) is 17.2 Å². The van der Waals surface area contributed by atoms with Crippen LogP contribution in [0.5, 0.6) is 5.75 Å². The SMILES string of the molecule is CCN1C[C@@H](CN(C)C(=O)/C=C/c2cnn(Cc3ccccc3)c2)Oc2ccccc21. The third-order valence-electron chi connectivity index (χ3n) is 5.42. The van der Waals surface area contributed by atoms with Crippen LogP contribution in [-0.2, 0) is 11.3 Å². The van der Waals surface area contributed by atoms with E-state index in [1.807, 2.05) is 60.4 Å². The third kappa shape index (κ3) is 5.15. The van der Waals surface area contributed by atoms with Crippen LogP contribution in [0.3, 0.4) is 0 Å². The molecule has 0 radical (unpaired) electrons. The van der Waals surface area contributed by atoms with Gasteiger partial charge in [-0.15, -0.1) is 0 Å². The summed E-state index contributed by atoms with van der Waals surface area (Å²) in [6, 6.07) is 18.2. The molecule has 4 rings (SSSR count). The van der Waals surface area contributed by atoms with Crippen LogP contribution in [0.25, 0.3) is 6.08 Å². The van der Waals surface area contributed by atoms with Crippen molar-refractivity contribution in [2.75, 3.05) is 31.6 Å². The predicted octanol–water partition coefficient (Wildman–Crippen LogP) is 3.69. The fourth-order valence-corrected chi connectivity index (χ4v) is 3.79. The zero-order valence-electron chi connectivity index (χ0n) is 18.0. The maximum atomic E-state index is 12.6. The molecule has 0 aliphatic carbocycles. The second kappa shape index (κ2) is 9.51. The maximum absolute atomic E-state index is 12.6. The van der Waals surface area contributed by atoms with Gasteiger partial charge in [0.1, 0.15) is 11.9 Å². The average Bonchev–Trinajstić information content (AvgIpc) is 3.24. The Hall–Kier alpha value is -3.54. The first kappa shape index (κ1) is 20.7. The molecule has 1 aliphatic rings. The van der Waals surface area contributed by atoms with Crippen molar-refractivity contribution in [2.45, 2.75) is 19.6 Å². The first-order valence-electron chi connectivity index (χ1n) is 10.6. The van der Waals surface area contributed by atoms with Gasteiger partial charge in [0, 0.05) is 31.4 Å². The van der Waals surface area contributed by atoms with Crippen LogP contribution < -0.4 is 9.64 Å². The van der Waals surface area contributed by atoms with E-state index in [0.29, 0.717) is 13.1 Å². The van der Waals surface area contributed by atoms with E-state index in [2.05, 4.69) is 35.1 Å². The number of fused-ring (bicyclic) bond motifs is 1. The van der Waals surface area contributed by atoms with Crippen molar-refractivity contribution in [1.82, 2.24) is 14.7 Å². The van der Waals surface area contributed by atoms with Gasteiger partial charge in [-0.25, -0.2) is 0 Å². The molecule has 0 saturated carbocycles. The second-order valence-electron chi connectivity index (χ2n) is 7.76. The van der Waals surface area contributed by atoms with Crippen LogP contribution in [0, 0.1) is 0 Å². The molecule has 2 aromatic carbocycles. The molecule has 31 heavy (non-hydrogen) atoms. The number of carbonyl (C=O) groups excluding carboxylic acids is 1. The minimum Gasteiger partial charge on any atom is -0.485 e. The van der Waals surface area contributed by atoms with E-state index in [4.69, 9.17) is 4.74 Å². The van der Waals surface area contributed by atoms with Crippen LogP contribution in [0.1, 0.15) is 18.1 Å². The third-order valence-corrected chi connectivity index (χ3v) is 5.42. The van der Waals surface area contributed by atoms with Gasteiger partial charge in [0.2, 0.25) is 5.91 Å². The van der Waals surface area contributed by atoms with Crippen LogP contribution in [-0.4, -0.2) is 53.4 Å². The monoisotopic (exact) mass is 416 g/mol. The highest BCUT2D eigenvalue weighted by molar-refractivity contribution is 5.91. The molecule has 6 nitrogen and oxygen atoms in total. The van der Waals surface area contributed by atoms with Gasteiger partial charge in [0.25, 0.3) is 0 Å². The first-order valence-corrected chi connectivity index (χ1v) is 10.6. The normalized spacial score (nSPS) is 15.5. The average molecular weight is 417 g/mol. The standard InChI is InChI=1S/C25H28N4O2/c1-3-28-19-22(31-24-12-8-7-11-23(24)28)18-27(2)25(30)14-13-21-15-26-29(17-21)16-20-9-5-4-6-10-20/h4-15,17,22H,3,16,18-19H2,1-2H3/b14-13+/t22-/m1/s1. The Morgan fingerprint density at radius 3 is 2.77 bits per heavy atom. The number of carbonyl (C=O) groups is 1. The number of rotatable bonds is 7. The zero-order valence-corrected chi connectivity index (χ0v) is 18.0. The number of nitrogens with zero attached hydrogens (tertiary/aromatic N) is 4. The maximum Gasteiger partial charge on any atom is 0.246 e. The number of benzene rings is 2. The number of hydrogen-bond acceptors (Lipinski definition) is 4. The van der Waals surface area contributed by atoms with Crippen molar-refractivity contribution in [3.05, 3.63) is 84.2 Å². The lowest BCUT2D eigenvalue weighted by Gasteiger charge is -2.37. The van der Waals surface area contributed by atoms with E-state index in [1.165, 1.54) is 5.56 Å². The number of aromatic nitrogens is 2. The summed E-state index contributed by atoms with van der Waals surface area (Å²) in [5.74, 6) is 0.823. The molecule has 0 saturated heterocycles. The number of amides is 1. The summed E-state index contributed by atoms with van der Waals surface area (Å²) in [5.41, 5.74) is 3.20. The fourth-order valence-electron chi connectivity index (χ4n) is 3.79. The molecule has 6 heteroatoms.